The average Bonchev–Trinajstić information content (AvgIpc) is 3.17. The Balaban J connectivity index is 1.40. The molecule has 0 radical (unpaired) electrons. The van der Waals surface area contributed by atoms with Gasteiger partial charge in [-0.1, -0.05) is 30.3 Å². The summed E-state index contributed by atoms with van der Waals surface area (Å²) < 4.78 is 22.9. The number of hydrogen-bond donors (Lipinski definition) is 1. The van der Waals surface area contributed by atoms with Crippen LogP contribution >= 0.6 is 0 Å². The molecule has 0 saturated heterocycles. The summed E-state index contributed by atoms with van der Waals surface area (Å²) in [5.74, 6) is 0.780. The van der Waals surface area contributed by atoms with Crippen LogP contribution in [0.15, 0.2) is 74.8 Å². The number of ether oxygens (including phenoxy) is 3. The summed E-state index contributed by atoms with van der Waals surface area (Å²) in [6.45, 7) is 8.52. The van der Waals surface area contributed by atoms with E-state index >= 15 is 0 Å². The van der Waals surface area contributed by atoms with Gasteiger partial charge in [0.05, 0.1) is 13.2 Å². The topological polar surface area (TPSA) is 95.7 Å². The average molecular weight is 491 g/mol. The molecule has 0 fully saturated rings. The molecule has 0 atom stereocenters. The van der Waals surface area contributed by atoms with Crippen LogP contribution in [0.5, 0.6) is 11.5 Å². The Morgan fingerprint density at radius 1 is 0.861 bits per heavy atom. The summed E-state index contributed by atoms with van der Waals surface area (Å²) in [7, 11) is 0. The molecule has 3 aromatic carbocycles. The molecule has 1 N–H and O–H groups in total. The van der Waals surface area contributed by atoms with Crippen molar-refractivity contribution in [3.63, 3.8) is 0 Å². The first-order valence-electron chi connectivity index (χ1n) is 11.9. The van der Waals surface area contributed by atoms with Crippen LogP contribution in [0.2, 0.25) is 0 Å². The predicted molar refractivity (Wildman–Crippen MR) is 137 cm³/mol. The Morgan fingerprint density at radius 2 is 1.61 bits per heavy atom. The number of benzene rings is 3. The summed E-state index contributed by atoms with van der Waals surface area (Å²) in [5, 5.41) is 0. The van der Waals surface area contributed by atoms with E-state index in [1.54, 1.807) is 0 Å². The molecule has 188 valence electrons. The van der Waals surface area contributed by atoms with Crippen LogP contribution in [0.25, 0.3) is 11.1 Å². The molecular weight excluding hydrogens is 460 g/mol. The van der Waals surface area contributed by atoms with E-state index in [9.17, 15) is 9.59 Å². The fraction of sp³-hybridized carbons (Fsp3) is 0.286. The molecule has 0 unspecified atom stereocenters. The highest BCUT2D eigenvalue weighted by Crippen LogP contribution is 2.31. The third kappa shape index (κ3) is 6.34. The third-order valence-electron chi connectivity index (χ3n) is 5.71. The van der Waals surface area contributed by atoms with Gasteiger partial charge >= 0.3 is 11.4 Å². The van der Waals surface area contributed by atoms with E-state index in [4.69, 9.17) is 18.7 Å². The highest BCUT2D eigenvalue weighted by Gasteiger charge is 2.10. The van der Waals surface area contributed by atoms with Crippen molar-refractivity contribution >= 4 is 0 Å². The number of rotatable bonds is 11. The number of nitrogens with one attached hydrogen (secondary N) is 1. The Labute approximate surface area is 209 Å². The molecule has 0 amide bonds. The maximum atomic E-state index is 11.6. The molecule has 4 rings (SSSR count). The van der Waals surface area contributed by atoms with Crippen LogP contribution in [0, 0.1) is 13.8 Å². The zero-order valence-corrected chi connectivity index (χ0v) is 20.7. The molecule has 0 aliphatic rings. The van der Waals surface area contributed by atoms with Gasteiger partial charge in [0.1, 0.15) is 24.7 Å². The molecule has 0 spiro atoms. The first-order chi connectivity index (χ1) is 17.4. The predicted octanol–water partition coefficient (Wildman–Crippen LogP) is 4.46. The van der Waals surface area contributed by atoms with Crippen molar-refractivity contribution in [2.24, 2.45) is 0 Å². The Bertz CT molecular complexity index is 1390. The lowest BCUT2D eigenvalue weighted by Crippen LogP contribution is -2.17. The number of hydrogen-bond acceptors (Lipinski definition) is 6. The fourth-order valence-corrected chi connectivity index (χ4v) is 4.08. The van der Waals surface area contributed by atoms with Crippen LogP contribution < -0.4 is 20.9 Å². The highest BCUT2D eigenvalue weighted by atomic mass is 16.5. The molecule has 0 saturated carbocycles. The minimum Gasteiger partial charge on any atom is -0.491 e. The highest BCUT2D eigenvalue weighted by molar-refractivity contribution is 5.72. The molecule has 36 heavy (non-hydrogen) atoms. The lowest BCUT2D eigenvalue weighted by molar-refractivity contribution is 0.110. The maximum absolute atomic E-state index is 11.6. The van der Waals surface area contributed by atoms with Crippen LogP contribution in [-0.2, 0) is 17.9 Å². The first-order valence-corrected chi connectivity index (χ1v) is 11.9. The van der Waals surface area contributed by atoms with Crippen molar-refractivity contribution in [1.29, 1.82) is 0 Å². The van der Waals surface area contributed by atoms with E-state index in [0.29, 0.717) is 32.2 Å². The second-order valence-electron chi connectivity index (χ2n) is 8.46. The lowest BCUT2D eigenvalue weighted by Gasteiger charge is -2.15. The van der Waals surface area contributed by atoms with E-state index in [1.165, 1.54) is 5.56 Å². The molecule has 0 bridgehead atoms. The smallest absolute Gasteiger partial charge is 0.440 e. The van der Waals surface area contributed by atoms with Crippen molar-refractivity contribution in [2.45, 2.75) is 33.9 Å². The quantitative estimate of drug-likeness (QED) is 0.312. The lowest BCUT2D eigenvalue weighted by atomic mass is 9.94. The first kappa shape index (κ1) is 25.1. The zero-order valence-electron chi connectivity index (χ0n) is 20.7. The van der Waals surface area contributed by atoms with Crippen molar-refractivity contribution < 1.29 is 18.7 Å². The second-order valence-corrected chi connectivity index (χ2v) is 8.46. The van der Waals surface area contributed by atoms with Gasteiger partial charge in [0.15, 0.2) is 0 Å². The molecule has 1 aromatic heterocycles. The van der Waals surface area contributed by atoms with Crippen LogP contribution in [0.4, 0.5) is 0 Å². The largest absolute Gasteiger partial charge is 0.491 e. The van der Waals surface area contributed by atoms with Gasteiger partial charge in [-0.15, -0.1) is 4.74 Å². The fourth-order valence-electron chi connectivity index (χ4n) is 4.08. The summed E-state index contributed by atoms with van der Waals surface area (Å²) in [6.07, 6.45) is 0. The Morgan fingerprint density at radius 3 is 2.28 bits per heavy atom. The minimum atomic E-state index is -0.769. The van der Waals surface area contributed by atoms with Gasteiger partial charge in [-0.2, -0.15) is 0 Å². The van der Waals surface area contributed by atoms with E-state index in [2.05, 4.69) is 43.1 Å². The second kappa shape index (κ2) is 11.6. The molecule has 0 aliphatic carbocycles. The normalized spacial score (nSPS) is 11.0. The van der Waals surface area contributed by atoms with Crippen molar-refractivity contribution in [2.75, 3.05) is 19.8 Å². The Kier molecular flexibility index (Phi) is 8.07. The summed E-state index contributed by atoms with van der Waals surface area (Å²) in [4.78, 5) is 24.8. The molecule has 0 aliphatic heterocycles. The maximum Gasteiger partial charge on any atom is 0.440 e. The molecule has 1 heterocycles. The van der Waals surface area contributed by atoms with E-state index < -0.39 is 11.4 Å². The number of aryl methyl sites for hydroxylation is 2. The number of nitrogens with zero attached hydrogens (tertiary/aromatic N) is 1. The van der Waals surface area contributed by atoms with Crippen LogP contribution in [-0.4, -0.2) is 29.5 Å². The van der Waals surface area contributed by atoms with Gasteiger partial charge in [-0.3, -0.25) is 0 Å². The molecule has 8 heteroatoms. The monoisotopic (exact) mass is 490 g/mol. The number of aromatic amines is 1. The van der Waals surface area contributed by atoms with Crippen molar-refractivity contribution in [3.05, 3.63) is 104 Å². The summed E-state index contributed by atoms with van der Waals surface area (Å²) in [6, 6.07) is 19.7. The minimum absolute atomic E-state index is 0.162. The van der Waals surface area contributed by atoms with Crippen LogP contribution in [0.3, 0.4) is 0 Å². The standard InChI is InChI=1S/C28H30N2O6/c1-4-33-12-13-34-25-14-19(2)26(20(3)15-25)23-7-5-6-22(16-23)18-35-24-10-8-21(9-11-24)17-30-27(31)29-28(32)36-30/h5-11,14-16H,4,12-13,17-18H2,1-3H3,(H,29,31,32). The number of aromatic nitrogens is 2. The number of H-pyrrole nitrogens is 1. The van der Waals surface area contributed by atoms with Gasteiger partial charge in [-0.05, 0) is 84.5 Å². The summed E-state index contributed by atoms with van der Waals surface area (Å²) in [5.41, 5.74) is 5.89. The SMILES string of the molecule is CCOCCOc1cc(C)c(-c2cccc(COc3ccc(Cn4oc(=O)[nH]c4=O)cc3)c2)c(C)c1. The van der Waals surface area contributed by atoms with E-state index in [0.717, 1.165) is 38.3 Å². The van der Waals surface area contributed by atoms with Gasteiger partial charge in [-0.25, -0.2) is 14.6 Å². The zero-order chi connectivity index (χ0) is 25.5. The third-order valence-corrected chi connectivity index (χ3v) is 5.71. The molecule has 4 aromatic rings. The summed E-state index contributed by atoms with van der Waals surface area (Å²) >= 11 is 0. The molecule has 8 nitrogen and oxygen atoms in total. The van der Waals surface area contributed by atoms with Gasteiger partial charge < -0.3 is 18.7 Å². The van der Waals surface area contributed by atoms with Gasteiger partial charge in [0.25, 0.3) is 0 Å². The Hall–Kier alpha value is -4.04. The van der Waals surface area contributed by atoms with E-state index in [1.807, 2.05) is 43.3 Å². The van der Waals surface area contributed by atoms with Crippen LogP contribution in [0.1, 0.15) is 29.2 Å². The van der Waals surface area contributed by atoms with Gasteiger partial charge in [0, 0.05) is 6.61 Å². The van der Waals surface area contributed by atoms with Gasteiger partial charge in [0.2, 0.25) is 0 Å². The van der Waals surface area contributed by atoms with Crippen molar-refractivity contribution in [3.8, 4) is 22.6 Å². The van der Waals surface area contributed by atoms with Crippen molar-refractivity contribution in [1.82, 2.24) is 9.72 Å². The van der Waals surface area contributed by atoms with E-state index in [-0.39, 0.29) is 6.54 Å². The molecular formula is C28H30N2O6.